The average molecular weight is 557 g/mol. The molecule has 1 aromatic heterocycles. The maximum Gasteiger partial charge on any atom is 0.303 e. The minimum absolute atomic E-state index is 0.230. The molecule has 2 radical (unpaired) electrons. The molecule has 0 bridgehead atoms. The molecule has 5 aromatic rings. The molecule has 1 aliphatic heterocycles. The third kappa shape index (κ3) is 6.19. The van der Waals surface area contributed by atoms with Crippen LogP contribution in [0.2, 0.25) is 5.31 Å². The van der Waals surface area contributed by atoms with E-state index in [0.717, 1.165) is 28.8 Å². The second-order valence-corrected chi connectivity index (χ2v) is 10.7. The fraction of sp³-hybridized carbons (Fsp3) is 0.206. The Bertz CT molecular complexity index is 1650. The van der Waals surface area contributed by atoms with Crippen LogP contribution in [0.5, 0.6) is 0 Å². The number of nitrogens with zero attached hydrogens (tertiary/aromatic N) is 3. The van der Waals surface area contributed by atoms with E-state index in [1.54, 1.807) is 12.1 Å². The van der Waals surface area contributed by atoms with Gasteiger partial charge in [-0.15, -0.1) is 0 Å². The molecule has 0 amide bonds. The van der Waals surface area contributed by atoms with Crippen LogP contribution in [0, 0.1) is 5.82 Å². The predicted octanol–water partition coefficient (Wildman–Crippen LogP) is 6.88. The predicted molar refractivity (Wildman–Crippen MR) is 160 cm³/mol. The van der Waals surface area contributed by atoms with E-state index in [4.69, 9.17) is 17.1 Å². The monoisotopic (exact) mass is 557 g/mol. The van der Waals surface area contributed by atoms with E-state index in [-0.39, 0.29) is 24.3 Å². The van der Waals surface area contributed by atoms with E-state index in [1.165, 1.54) is 6.07 Å². The fourth-order valence-corrected chi connectivity index (χ4v) is 5.16. The van der Waals surface area contributed by atoms with Gasteiger partial charge in [-0.1, -0.05) is 96.2 Å². The lowest BCUT2D eigenvalue weighted by Gasteiger charge is -2.38. The first-order valence-corrected chi connectivity index (χ1v) is 14.0. The summed E-state index contributed by atoms with van der Waals surface area (Å²) in [7, 11) is 6.45. The summed E-state index contributed by atoms with van der Waals surface area (Å²) in [5.74, 6) is -0.00125. The van der Waals surface area contributed by atoms with Crippen molar-refractivity contribution in [3.63, 3.8) is 0 Å². The SMILES string of the molecule is [B]C1(C(=O)OCc2ccccc2)CCN(Cc2ccc(-c3noc(-c4ccc(-c5ccccc5)c(F)c4)n3)cc2)CC1. The Balaban J connectivity index is 1.04. The first-order chi connectivity index (χ1) is 20.5. The van der Waals surface area contributed by atoms with Gasteiger partial charge in [0.15, 0.2) is 0 Å². The molecule has 4 aromatic carbocycles. The number of aromatic nitrogens is 2. The van der Waals surface area contributed by atoms with Gasteiger partial charge in [0.1, 0.15) is 12.4 Å². The molecule has 42 heavy (non-hydrogen) atoms. The topological polar surface area (TPSA) is 68.5 Å². The molecule has 2 heterocycles. The van der Waals surface area contributed by atoms with Crippen molar-refractivity contribution in [2.45, 2.75) is 31.3 Å². The maximum atomic E-state index is 14.8. The van der Waals surface area contributed by atoms with E-state index in [9.17, 15) is 9.18 Å². The van der Waals surface area contributed by atoms with Crippen molar-refractivity contribution in [1.29, 1.82) is 0 Å². The Morgan fingerprint density at radius 2 is 1.52 bits per heavy atom. The van der Waals surface area contributed by atoms with Crippen molar-refractivity contribution in [1.82, 2.24) is 15.0 Å². The third-order valence-corrected chi connectivity index (χ3v) is 7.71. The maximum absolute atomic E-state index is 14.8. The molecular formula is C34H29BFN3O3. The highest BCUT2D eigenvalue weighted by atomic mass is 19.1. The van der Waals surface area contributed by atoms with Crippen LogP contribution in [0.3, 0.4) is 0 Å². The van der Waals surface area contributed by atoms with Gasteiger partial charge < -0.3 is 9.26 Å². The summed E-state index contributed by atoms with van der Waals surface area (Å²) in [5, 5.41) is 3.15. The number of benzene rings is 4. The number of likely N-dealkylation sites (tertiary alicyclic amines) is 1. The lowest BCUT2D eigenvalue weighted by Crippen LogP contribution is -2.40. The molecule has 0 N–H and O–H groups in total. The number of carbonyl (C=O) groups excluding carboxylic acids is 1. The second kappa shape index (κ2) is 12.1. The Morgan fingerprint density at radius 1 is 0.857 bits per heavy atom. The molecule has 1 saturated heterocycles. The van der Waals surface area contributed by atoms with E-state index in [0.29, 0.717) is 42.9 Å². The molecule has 1 aliphatic rings. The number of halogens is 1. The van der Waals surface area contributed by atoms with Crippen LogP contribution in [0.15, 0.2) is 108 Å². The van der Waals surface area contributed by atoms with Gasteiger partial charge in [0.2, 0.25) is 5.82 Å². The first kappa shape index (κ1) is 27.6. The molecule has 1 fully saturated rings. The van der Waals surface area contributed by atoms with Gasteiger partial charge in [-0.05, 0) is 54.8 Å². The highest BCUT2D eigenvalue weighted by Crippen LogP contribution is 2.37. The van der Waals surface area contributed by atoms with Crippen molar-refractivity contribution < 1.29 is 18.4 Å². The molecule has 6 rings (SSSR count). The normalized spacial score (nSPS) is 14.9. The van der Waals surface area contributed by atoms with Gasteiger partial charge in [-0.25, -0.2) is 4.39 Å². The van der Waals surface area contributed by atoms with Gasteiger partial charge in [-0.2, -0.15) is 4.98 Å². The molecule has 0 spiro atoms. The molecular weight excluding hydrogens is 528 g/mol. The first-order valence-electron chi connectivity index (χ1n) is 14.0. The van der Waals surface area contributed by atoms with E-state index in [2.05, 4.69) is 15.0 Å². The highest BCUT2D eigenvalue weighted by Gasteiger charge is 2.37. The Labute approximate surface area is 245 Å². The standard InChI is InChI=1S/C34H29BFN3O3/c35-34(33(40)41-23-25-7-3-1-4-8-25)17-19-39(20-18-34)22-24-11-13-27(14-12-24)31-37-32(42-38-31)28-15-16-29(30(36)21-28)26-9-5-2-6-10-26/h1-16,21H,17-20,22-23H2. The molecule has 0 saturated carbocycles. The van der Waals surface area contributed by atoms with Crippen LogP contribution < -0.4 is 0 Å². The molecule has 0 aliphatic carbocycles. The van der Waals surface area contributed by atoms with E-state index in [1.807, 2.05) is 84.9 Å². The number of hydrogen-bond donors (Lipinski definition) is 0. The largest absolute Gasteiger partial charge is 0.461 e. The average Bonchev–Trinajstić information content (AvgIpc) is 3.53. The summed E-state index contributed by atoms with van der Waals surface area (Å²) in [6.07, 6.45) is 1.08. The van der Waals surface area contributed by atoms with Crippen molar-refractivity contribution in [3.8, 4) is 34.0 Å². The number of piperidine rings is 1. The highest BCUT2D eigenvalue weighted by molar-refractivity contribution is 6.27. The van der Waals surface area contributed by atoms with Crippen LogP contribution in [0.4, 0.5) is 4.39 Å². The van der Waals surface area contributed by atoms with Crippen LogP contribution in [0.1, 0.15) is 24.0 Å². The summed E-state index contributed by atoms with van der Waals surface area (Å²) in [6.45, 7) is 2.37. The number of esters is 1. The van der Waals surface area contributed by atoms with E-state index < -0.39 is 5.31 Å². The molecule has 0 atom stereocenters. The number of rotatable bonds is 8. The molecule has 208 valence electrons. The molecule has 0 unspecified atom stereocenters. The van der Waals surface area contributed by atoms with Crippen molar-refractivity contribution >= 4 is 13.8 Å². The Kier molecular flexibility index (Phi) is 7.97. The third-order valence-electron chi connectivity index (χ3n) is 7.71. The zero-order chi connectivity index (χ0) is 28.9. The van der Waals surface area contributed by atoms with Gasteiger partial charge in [-0.3, -0.25) is 9.69 Å². The molecule has 6 nitrogen and oxygen atoms in total. The zero-order valence-electron chi connectivity index (χ0n) is 23.1. The quantitative estimate of drug-likeness (QED) is 0.153. The van der Waals surface area contributed by atoms with Crippen molar-refractivity contribution in [2.24, 2.45) is 0 Å². The van der Waals surface area contributed by atoms with Gasteiger partial charge >= 0.3 is 5.97 Å². The summed E-state index contributed by atoms with van der Waals surface area (Å²) in [4.78, 5) is 19.5. The van der Waals surface area contributed by atoms with Crippen molar-refractivity contribution in [3.05, 3.63) is 120 Å². The number of ether oxygens (including phenoxy) is 1. The van der Waals surface area contributed by atoms with Crippen LogP contribution in [-0.2, 0) is 22.7 Å². The molecule has 8 heteroatoms. The Hall–Kier alpha value is -4.56. The van der Waals surface area contributed by atoms with Gasteiger partial charge in [0, 0.05) is 28.5 Å². The number of hydrogen-bond acceptors (Lipinski definition) is 6. The zero-order valence-corrected chi connectivity index (χ0v) is 23.1. The summed E-state index contributed by atoms with van der Waals surface area (Å²) < 4.78 is 25.8. The Morgan fingerprint density at radius 3 is 2.21 bits per heavy atom. The summed E-state index contributed by atoms with van der Waals surface area (Å²) in [6, 6.07) is 31.9. The fourth-order valence-electron chi connectivity index (χ4n) is 5.16. The lowest BCUT2D eigenvalue weighted by atomic mass is 9.62. The van der Waals surface area contributed by atoms with Crippen molar-refractivity contribution in [2.75, 3.05) is 13.1 Å². The minimum Gasteiger partial charge on any atom is -0.461 e. The second-order valence-electron chi connectivity index (χ2n) is 10.7. The van der Waals surface area contributed by atoms with Crippen LogP contribution in [-0.4, -0.2) is 41.9 Å². The number of carbonyl (C=O) groups is 1. The van der Waals surface area contributed by atoms with Gasteiger partial charge in [0.05, 0.1) is 7.85 Å². The summed E-state index contributed by atoms with van der Waals surface area (Å²) in [5.41, 5.74) is 4.71. The minimum atomic E-state index is -0.962. The van der Waals surface area contributed by atoms with Crippen LogP contribution >= 0.6 is 0 Å². The summed E-state index contributed by atoms with van der Waals surface area (Å²) >= 11 is 0. The smallest absolute Gasteiger partial charge is 0.303 e. The van der Waals surface area contributed by atoms with Crippen LogP contribution in [0.25, 0.3) is 34.0 Å². The van der Waals surface area contributed by atoms with E-state index >= 15 is 0 Å². The lowest BCUT2D eigenvalue weighted by molar-refractivity contribution is -0.150. The van der Waals surface area contributed by atoms with Gasteiger partial charge in [0.25, 0.3) is 5.89 Å².